The van der Waals surface area contributed by atoms with Crippen molar-refractivity contribution in [1.82, 2.24) is 9.80 Å². The molecule has 18 heavy (non-hydrogen) atoms. The first-order valence-electron chi connectivity index (χ1n) is 7.85. The molecule has 104 valence electrons. The smallest absolute Gasteiger partial charge is 0.0145 e. The van der Waals surface area contributed by atoms with E-state index in [9.17, 15) is 0 Å². The molecule has 0 spiro atoms. The molecule has 2 heterocycles. The minimum absolute atomic E-state index is 0.493. The number of nitrogens with two attached hydrogens (primary N) is 1. The average molecular weight is 251 g/mol. The number of nitrogens with zero attached hydrogens (tertiary/aromatic N) is 2. The number of rotatable bonds is 3. The lowest BCUT2D eigenvalue weighted by atomic mass is 9.68. The summed E-state index contributed by atoms with van der Waals surface area (Å²) >= 11 is 0. The highest BCUT2D eigenvalue weighted by molar-refractivity contribution is 4.95. The second-order valence-electron chi connectivity index (χ2n) is 7.03. The van der Waals surface area contributed by atoms with Crippen molar-refractivity contribution in [3.05, 3.63) is 0 Å². The summed E-state index contributed by atoms with van der Waals surface area (Å²) in [6.07, 6.45) is 8.36. The van der Waals surface area contributed by atoms with Crippen LogP contribution in [0.5, 0.6) is 0 Å². The largest absolute Gasteiger partial charge is 0.330 e. The van der Waals surface area contributed by atoms with Gasteiger partial charge >= 0.3 is 0 Å². The quantitative estimate of drug-likeness (QED) is 0.826. The Labute approximate surface area is 112 Å². The summed E-state index contributed by atoms with van der Waals surface area (Å²) in [6, 6.07) is 0.866. The monoisotopic (exact) mass is 251 g/mol. The first-order valence-corrected chi connectivity index (χ1v) is 7.85. The van der Waals surface area contributed by atoms with E-state index in [2.05, 4.69) is 16.8 Å². The highest BCUT2D eigenvalue weighted by atomic mass is 15.2. The molecular weight excluding hydrogens is 222 g/mol. The van der Waals surface area contributed by atoms with Gasteiger partial charge in [0, 0.05) is 19.1 Å². The first-order chi connectivity index (χ1) is 8.72. The van der Waals surface area contributed by atoms with Gasteiger partial charge in [-0.05, 0) is 70.1 Å². The van der Waals surface area contributed by atoms with Crippen molar-refractivity contribution in [3.63, 3.8) is 0 Å². The molecular formula is C15H29N3. The molecule has 0 bridgehead atoms. The Balaban J connectivity index is 1.57. The summed E-state index contributed by atoms with van der Waals surface area (Å²) in [4.78, 5) is 5.33. The van der Waals surface area contributed by atoms with Gasteiger partial charge in [0.25, 0.3) is 0 Å². The van der Waals surface area contributed by atoms with Crippen LogP contribution in [0.3, 0.4) is 0 Å². The van der Waals surface area contributed by atoms with Gasteiger partial charge in [-0.25, -0.2) is 0 Å². The van der Waals surface area contributed by atoms with E-state index in [1.807, 2.05) is 0 Å². The predicted molar refractivity (Wildman–Crippen MR) is 75.5 cm³/mol. The second kappa shape index (κ2) is 5.10. The van der Waals surface area contributed by atoms with Crippen molar-refractivity contribution in [1.29, 1.82) is 0 Å². The van der Waals surface area contributed by atoms with E-state index in [-0.39, 0.29) is 0 Å². The molecule has 1 saturated carbocycles. The highest BCUT2D eigenvalue weighted by Gasteiger charge is 2.40. The number of hydrogen-bond acceptors (Lipinski definition) is 3. The van der Waals surface area contributed by atoms with Crippen LogP contribution in [-0.2, 0) is 0 Å². The Bertz CT molecular complexity index is 282. The predicted octanol–water partition coefficient (Wildman–Crippen LogP) is 1.53. The maximum absolute atomic E-state index is 6.00. The average Bonchev–Trinajstić information content (AvgIpc) is 2.34. The maximum atomic E-state index is 6.00. The molecule has 2 atom stereocenters. The SMILES string of the molecule is CN1CCCC2CN(CC3(CN)CCC3)CCC21. The third kappa shape index (κ3) is 2.33. The molecule has 3 aliphatic rings. The van der Waals surface area contributed by atoms with Crippen LogP contribution in [0.4, 0.5) is 0 Å². The zero-order valence-corrected chi connectivity index (χ0v) is 11.9. The lowest BCUT2D eigenvalue weighted by molar-refractivity contribution is 0.00185. The van der Waals surface area contributed by atoms with Crippen LogP contribution < -0.4 is 5.73 Å². The summed E-state index contributed by atoms with van der Waals surface area (Å²) in [5, 5.41) is 0. The van der Waals surface area contributed by atoms with Crippen molar-refractivity contribution in [2.45, 2.75) is 44.6 Å². The lowest BCUT2D eigenvalue weighted by Crippen LogP contribution is -2.56. The number of piperidine rings is 2. The minimum atomic E-state index is 0.493. The molecule has 3 rings (SSSR count). The second-order valence-corrected chi connectivity index (χ2v) is 7.03. The fourth-order valence-electron chi connectivity index (χ4n) is 4.45. The van der Waals surface area contributed by atoms with E-state index >= 15 is 0 Å². The van der Waals surface area contributed by atoms with E-state index in [1.165, 1.54) is 64.7 Å². The van der Waals surface area contributed by atoms with Crippen molar-refractivity contribution in [2.75, 3.05) is 39.8 Å². The van der Waals surface area contributed by atoms with Crippen LogP contribution in [0.25, 0.3) is 0 Å². The van der Waals surface area contributed by atoms with Crippen LogP contribution in [0.15, 0.2) is 0 Å². The van der Waals surface area contributed by atoms with Crippen LogP contribution in [-0.4, -0.2) is 55.6 Å². The number of likely N-dealkylation sites (tertiary alicyclic amines) is 2. The highest BCUT2D eigenvalue weighted by Crippen LogP contribution is 2.41. The van der Waals surface area contributed by atoms with Crippen LogP contribution in [0, 0.1) is 11.3 Å². The van der Waals surface area contributed by atoms with Gasteiger partial charge in [-0.2, -0.15) is 0 Å². The zero-order valence-electron chi connectivity index (χ0n) is 11.9. The Morgan fingerprint density at radius 1 is 1.17 bits per heavy atom. The van der Waals surface area contributed by atoms with Crippen molar-refractivity contribution < 1.29 is 0 Å². The van der Waals surface area contributed by atoms with Crippen LogP contribution in [0.1, 0.15) is 38.5 Å². The fraction of sp³-hybridized carbons (Fsp3) is 1.00. The molecule has 0 aromatic heterocycles. The molecule has 1 aliphatic carbocycles. The molecule has 0 aromatic rings. The molecule has 0 radical (unpaired) electrons. The Hall–Kier alpha value is -0.120. The third-order valence-electron chi connectivity index (χ3n) is 5.84. The fourth-order valence-corrected chi connectivity index (χ4v) is 4.45. The van der Waals surface area contributed by atoms with Crippen LogP contribution >= 0.6 is 0 Å². The van der Waals surface area contributed by atoms with E-state index < -0.39 is 0 Å². The van der Waals surface area contributed by atoms with E-state index in [0.717, 1.165) is 18.5 Å². The van der Waals surface area contributed by atoms with Gasteiger partial charge in [0.2, 0.25) is 0 Å². The summed E-state index contributed by atoms with van der Waals surface area (Å²) < 4.78 is 0. The molecule has 0 amide bonds. The topological polar surface area (TPSA) is 32.5 Å². The molecule has 2 aliphatic heterocycles. The molecule has 2 unspecified atom stereocenters. The first kappa shape index (κ1) is 12.9. The minimum Gasteiger partial charge on any atom is -0.330 e. The van der Waals surface area contributed by atoms with Crippen molar-refractivity contribution in [3.8, 4) is 0 Å². The van der Waals surface area contributed by atoms with Crippen molar-refractivity contribution in [2.24, 2.45) is 17.1 Å². The number of fused-ring (bicyclic) bond motifs is 1. The molecule has 3 heteroatoms. The normalized spacial score (nSPS) is 37.0. The zero-order chi connectivity index (χ0) is 12.6. The standard InChI is InChI=1S/C15H29N3/c1-17-8-2-4-13-10-18(9-5-14(13)17)12-15(11-16)6-3-7-15/h13-14H,2-12,16H2,1H3. The van der Waals surface area contributed by atoms with Gasteiger partial charge < -0.3 is 15.5 Å². The summed E-state index contributed by atoms with van der Waals surface area (Å²) in [7, 11) is 2.32. The maximum Gasteiger partial charge on any atom is 0.0145 e. The molecule has 3 nitrogen and oxygen atoms in total. The summed E-state index contributed by atoms with van der Waals surface area (Å²) in [6.45, 7) is 6.12. The Kier molecular flexibility index (Phi) is 3.65. The number of hydrogen-bond donors (Lipinski definition) is 1. The Morgan fingerprint density at radius 2 is 2.00 bits per heavy atom. The Morgan fingerprint density at radius 3 is 2.67 bits per heavy atom. The third-order valence-corrected chi connectivity index (χ3v) is 5.84. The van der Waals surface area contributed by atoms with Gasteiger partial charge in [-0.1, -0.05) is 6.42 Å². The van der Waals surface area contributed by atoms with Crippen molar-refractivity contribution >= 4 is 0 Å². The van der Waals surface area contributed by atoms with Crippen LogP contribution in [0.2, 0.25) is 0 Å². The van der Waals surface area contributed by atoms with E-state index in [1.54, 1.807) is 0 Å². The lowest BCUT2D eigenvalue weighted by Gasteiger charge is -2.50. The van der Waals surface area contributed by atoms with Gasteiger partial charge in [-0.3, -0.25) is 0 Å². The molecule has 3 fully saturated rings. The van der Waals surface area contributed by atoms with E-state index in [4.69, 9.17) is 5.73 Å². The van der Waals surface area contributed by atoms with Gasteiger partial charge in [0.15, 0.2) is 0 Å². The van der Waals surface area contributed by atoms with Gasteiger partial charge in [0.05, 0.1) is 0 Å². The summed E-state index contributed by atoms with van der Waals surface area (Å²) in [5.41, 5.74) is 6.50. The van der Waals surface area contributed by atoms with Gasteiger partial charge in [-0.15, -0.1) is 0 Å². The molecule has 2 saturated heterocycles. The summed E-state index contributed by atoms with van der Waals surface area (Å²) in [5.74, 6) is 0.924. The van der Waals surface area contributed by atoms with E-state index in [0.29, 0.717) is 5.41 Å². The molecule has 0 aromatic carbocycles. The molecule has 2 N–H and O–H groups in total. The van der Waals surface area contributed by atoms with Gasteiger partial charge in [0.1, 0.15) is 0 Å².